The molecule has 0 atom stereocenters. The second kappa shape index (κ2) is 12.1. The van der Waals surface area contributed by atoms with E-state index in [-0.39, 0.29) is 12.5 Å². The number of piperazine rings is 1. The minimum Gasteiger partial charge on any atom is -0.452 e. The Kier molecular flexibility index (Phi) is 8.48. The van der Waals surface area contributed by atoms with Crippen molar-refractivity contribution in [3.05, 3.63) is 95.6 Å². The molecule has 0 saturated carbocycles. The van der Waals surface area contributed by atoms with Gasteiger partial charge < -0.3 is 19.7 Å². The summed E-state index contributed by atoms with van der Waals surface area (Å²) in [6.07, 6.45) is 0. The number of carbonyl (C=O) groups excluding carboxylic acids is 2. The number of nitrogens with zero attached hydrogens (tertiary/aromatic N) is 2. The normalized spacial score (nSPS) is 13.9. The molecule has 4 rings (SSSR count). The fourth-order valence-electron chi connectivity index (χ4n) is 4.08. The van der Waals surface area contributed by atoms with Gasteiger partial charge >= 0.3 is 5.97 Å². The van der Waals surface area contributed by atoms with Crippen LogP contribution in [0.2, 0.25) is 0 Å². The highest BCUT2D eigenvalue weighted by Crippen LogP contribution is 2.20. The predicted molar refractivity (Wildman–Crippen MR) is 136 cm³/mol. The molecule has 0 unspecified atom stereocenters. The summed E-state index contributed by atoms with van der Waals surface area (Å²) >= 11 is 0. The number of hydrogen-bond donors (Lipinski definition) is 1. The van der Waals surface area contributed by atoms with Gasteiger partial charge in [-0.2, -0.15) is 0 Å². The number of ether oxygens (including phenoxy) is 2. The highest BCUT2D eigenvalue weighted by molar-refractivity contribution is 5.95. The maximum atomic E-state index is 12.2. The molecule has 0 spiro atoms. The number of methoxy groups -OCH3 is 1. The number of hydrogen-bond acceptors (Lipinski definition) is 6. The highest BCUT2D eigenvalue weighted by Gasteiger charge is 2.17. The smallest absolute Gasteiger partial charge is 0.338 e. The van der Waals surface area contributed by atoms with E-state index in [1.54, 1.807) is 31.4 Å². The van der Waals surface area contributed by atoms with Crippen molar-refractivity contribution in [1.82, 2.24) is 4.90 Å². The minimum absolute atomic E-state index is 0.343. The molecule has 0 radical (unpaired) electrons. The lowest BCUT2D eigenvalue weighted by atomic mass is 10.1. The molecular weight excluding hydrogens is 442 g/mol. The van der Waals surface area contributed by atoms with Crippen molar-refractivity contribution in [2.75, 3.05) is 50.1 Å². The molecular formula is C28H31N3O4. The summed E-state index contributed by atoms with van der Waals surface area (Å²) in [6.45, 7) is 5.04. The Balaban J connectivity index is 1.20. The van der Waals surface area contributed by atoms with Crippen LogP contribution in [0.5, 0.6) is 0 Å². The lowest BCUT2D eigenvalue weighted by Gasteiger charge is -2.36. The van der Waals surface area contributed by atoms with Crippen LogP contribution in [0.1, 0.15) is 21.5 Å². The molecule has 0 aliphatic carbocycles. The highest BCUT2D eigenvalue weighted by atomic mass is 16.5. The largest absolute Gasteiger partial charge is 0.452 e. The van der Waals surface area contributed by atoms with Crippen LogP contribution < -0.4 is 10.2 Å². The molecule has 1 saturated heterocycles. The molecule has 1 N–H and O–H groups in total. The third-order valence-corrected chi connectivity index (χ3v) is 5.97. The van der Waals surface area contributed by atoms with Gasteiger partial charge in [-0.05, 0) is 47.5 Å². The number of amides is 1. The fourth-order valence-corrected chi connectivity index (χ4v) is 4.08. The summed E-state index contributed by atoms with van der Waals surface area (Å²) in [6, 6.07) is 25.2. The number of anilines is 2. The summed E-state index contributed by atoms with van der Waals surface area (Å²) in [4.78, 5) is 29.2. The van der Waals surface area contributed by atoms with Crippen LogP contribution in [0.3, 0.4) is 0 Å². The molecule has 1 aliphatic heterocycles. The van der Waals surface area contributed by atoms with E-state index in [9.17, 15) is 9.59 Å². The first-order valence-electron chi connectivity index (χ1n) is 11.8. The van der Waals surface area contributed by atoms with Crippen molar-refractivity contribution < 1.29 is 19.1 Å². The predicted octanol–water partition coefficient (Wildman–Crippen LogP) is 3.95. The number of esters is 1. The first kappa shape index (κ1) is 24.4. The van der Waals surface area contributed by atoms with E-state index in [0.29, 0.717) is 17.9 Å². The van der Waals surface area contributed by atoms with Gasteiger partial charge in [-0.1, -0.05) is 42.5 Å². The zero-order valence-corrected chi connectivity index (χ0v) is 20.0. The van der Waals surface area contributed by atoms with E-state index in [1.807, 2.05) is 30.3 Å². The summed E-state index contributed by atoms with van der Waals surface area (Å²) in [5.41, 5.74) is 4.49. The van der Waals surface area contributed by atoms with Crippen molar-refractivity contribution in [1.29, 1.82) is 0 Å². The van der Waals surface area contributed by atoms with Crippen molar-refractivity contribution in [2.45, 2.75) is 13.2 Å². The van der Waals surface area contributed by atoms with Crippen LogP contribution in [-0.2, 0) is 27.4 Å². The van der Waals surface area contributed by atoms with Gasteiger partial charge in [0.1, 0.15) is 0 Å². The number of benzene rings is 3. The first-order chi connectivity index (χ1) is 17.1. The first-order valence-corrected chi connectivity index (χ1v) is 11.8. The van der Waals surface area contributed by atoms with E-state index in [4.69, 9.17) is 9.47 Å². The van der Waals surface area contributed by atoms with Crippen LogP contribution in [0.4, 0.5) is 11.4 Å². The SMILES string of the molecule is COCc1ccc(C(=O)OCC(=O)Nc2ccc(N3CCN(Cc4ccccc4)CC3)cc2)cc1. The monoisotopic (exact) mass is 473 g/mol. The summed E-state index contributed by atoms with van der Waals surface area (Å²) in [5, 5.41) is 2.78. The topological polar surface area (TPSA) is 71.1 Å². The van der Waals surface area contributed by atoms with E-state index in [2.05, 4.69) is 39.4 Å². The van der Waals surface area contributed by atoms with Crippen molar-refractivity contribution in [3.8, 4) is 0 Å². The third-order valence-electron chi connectivity index (χ3n) is 5.97. The van der Waals surface area contributed by atoms with Crippen molar-refractivity contribution in [2.24, 2.45) is 0 Å². The van der Waals surface area contributed by atoms with E-state index >= 15 is 0 Å². The number of rotatable bonds is 9. The maximum absolute atomic E-state index is 12.2. The second-order valence-electron chi connectivity index (χ2n) is 8.55. The van der Waals surface area contributed by atoms with Gasteiger partial charge in [0.05, 0.1) is 12.2 Å². The molecule has 1 fully saturated rings. The Morgan fingerprint density at radius 1 is 0.829 bits per heavy atom. The summed E-state index contributed by atoms with van der Waals surface area (Å²) in [7, 11) is 1.61. The molecule has 7 heteroatoms. The van der Waals surface area contributed by atoms with Crippen LogP contribution in [0, 0.1) is 0 Å². The van der Waals surface area contributed by atoms with Crippen LogP contribution in [0.25, 0.3) is 0 Å². The molecule has 182 valence electrons. The molecule has 1 amide bonds. The molecule has 3 aromatic rings. The maximum Gasteiger partial charge on any atom is 0.338 e. The van der Waals surface area contributed by atoms with Gasteiger partial charge in [0, 0.05) is 51.2 Å². The van der Waals surface area contributed by atoms with Gasteiger partial charge in [0.15, 0.2) is 6.61 Å². The lowest BCUT2D eigenvalue weighted by molar-refractivity contribution is -0.119. The molecule has 1 heterocycles. The summed E-state index contributed by atoms with van der Waals surface area (Å²) < 4.78 is 10.2. The Morgan fingerprint density at radius 3 is 2.17 bits per heavy atom. The van der Waals surface area contributed by atoms with Gasteiger partial charge in [0.25, 0.3) is 5.91 Å². The Morgan fingerprint density at radius 2 is 1.51 bits per heavy atom. The molecule has 3 aromatic carbocycles. The lowest BCUT2D eigenvalue weighted by Crippen LogP contribution is -2.45. The van der Waals surface area contributed by atoms with E-state index < -0.39 is 5.97 Å². The van der Waals surface area contributed by atoms with Gasteiger partial charge in [-0.15, -0.1) is 0 Å². The Labute approximate surface area is 206 Å². The standard InChI is InChI=1S/C28H31N3O4/c1-34-20-23-7-9-24(10-8-23)28(33)35-21-27(32)29-25-11-13-26(14-12-25)31-17-15-30(16-18-31)19-22-5-3-2-4-6-22/h2-14H,15-21H2,1H3,(H,29,32). The Bertz CT molecular complexity index is 1090. The molecule has 0 bridgehead atoms. The van der Waals surface area contributed by atoms with Gasteiger partial charge in [-0.3, -0.25) is 9.69 Å². The quantitative estimate of drug-likeness (QED) is 0.475. The molecule has 0 aromatic heterocycles. The fraction of sp³-hybridized carbons (Fsp3) is 0.286. The molecule has 7 nitrogen and oxygen atoms in total. The minimum atomic E-state index is -0.536. The van der Waals surface area contributed by atoms with Crippen molar-refractivity contribution in [3.63, 3.8) is 0 Å². The van der Waals surface area contributed by atoms with Crippen LogP contribution in [-0.4, -0.2) is 56.7 Å². The Hall–Kier alpha value is -3.68. The van der Waals surface area contributed by atoms with E-state index in [1.165, 1.54) is 5.56 Å². The average Bonchev–Trinajstić information content (AvgIpc) is 2.89. The van der Waals surface area contributed by atoms with Crippen LogP contribution >= 0.6 is 0 Å². The van der Waals surface area contributed by atoms with Gasteiger partial charge in [0.2, 0.25) is 0 Å². The van der Waals surface area contributed by atoms with Gasteiger partial charge in [-0.25, -0.2) is 4.79 Å². The number of carbonyl (C=O) groups is 2. The third kappa shape index (κ3) is 7.15. The summed E-state index contributed by atoms with van der Waals surface area (Å²) in [5.74, 6) is -0.914. The zero-order valence-electron chi connectivity index (χ0n) is 20.0. The second-order valence-corrected chi connectivity index (χ2v) is 8.55. The zero-order chi connectivity index (χ0) is 24.5. The molecule has 1 aliphatic rings. The average molecular weight is 474 g/mol. The van der Waals surface area contributed by atoms with Crippen LogP contribution in [0.15, 0.2) is 78.9 Å². The molecule has 35 heavy (non-hydrogen) atoms. The van der Waals surface area contributed by atoms with E-state index in [0.717, 1.165) is 44.0 Å². The number of nitrogens with one attached hydrogen (secondary N) is 1. The van der Waals surface area contributed by atoms with Crippen molar-refractivity contribution >= 4 is 23.3 Å².